The maximum Gasteiger partial charge on any atom is 0.416 e. The normalized spacial score (nSPS) is 15.3. The highest BCUT2D eigenvalue weighted by Crippen LogP contribution is 2.31. The van der Waals surface area contributed by atoms with Gasteiger partial charge in [0.15, 0.2) is 0 Å². The van der Waals surface area contributed by atoms with Crippen molar-refractivity contribution < 1.29 is 26.3 Å². The molecule has 9 heteroatoms. The minimum absolute atomic E-state index is 0.319. The fourth-order valence-corrected chi connectivity index (χ4v) is 3.50. The highest BCUT2D eigenvalue weighted by molar-refractivity contribution is 7.80. The van der Waals surface area contributed by atoms with Crippen LogP contribution < -0.4 is 0 Å². The molecule has 0 saturated heterocycles. The molecule has 2 aromatic rings. The summed E-state index contributed by atoms with van der Waals surface area (Å²) in [5.41, 5.74) is 0.937. The lowest BCUT2D eigenvalue weighted by atomic mass is 10.0. The van der Waals surface area contributed by atoms with Crippen LogP contribution in [0.4, 0.5) is 26.3 Å². The zero-order chi connectivity index (χ0) is 24.6. The van der Waals surface area contributed by atoms with Gasteiger partial charge in [0.05, 0.1) is 16.8 Å². The molecule has 0 saturated carbocycles. The van der Waals surface area contributed by atoms with Gasteiger partial charge in [0, 0.05) is 22.7 Å². The van der Waals surface area contributed by atoms with Gasteiger partial charge in [0.25, 0.3) is 0 Å². The van der Waals surface area contributed by atoms with Crippen molar-refractivity contribution in [3.8, 4) is 0 Å². The number of hydrogen-bond donors (Lipinski definition) is 1. The highest BCUT2D eigenvalue weighted by atomic mass is 32.1. The van der Waals surface area contributed by atoms with Crippen LogP contribution >= 0.6 is 12.6 Å². The van der Waals surface area contributed by atoms with Gasteiger partial charge in [-0.05, 0) is 62.9 Å². The maximum atomic E-state index is 13.1. The fourth-order valence-electron chi connectivity index (χ4n) is 3.27. The molecule has 1 aliphatic heterocycles. The number of fused-ring (bicyclic) bond motifs is 1. The lowest BCUT2D eigenvalue weighted by Crippen LogP contribution is -2.11. The molecule has 2 heterocycles. The van der Waals surface area contributed by atoms with Crippen LogP contribution in [0.25, 0.3) is 5.57 Å². The van der Waals surface area contributed by atoms with E-state index < -0.39 is 23.5 Å². The SMILES string of the molecule is C\C=C/C(=C\C(=C\CC)C(F)(F)F)c1cc2n(n1)CCCC2.FC(F)(F)c1cccc(S)c1. The van der Waals surface area contributed by atoms with E-state index in [-0.39, 0.29) is 0 Å². The molecule has 0 amide bonds. The lowest BCUT2D eigenvalue weighted by molar-refractivity contribution is -0.137. The molecule has 0 unspecified atom stereocenters. The monoisotopic (exact) mass is 488 g/mol. The molecule has 1 aliphatic rings. The molecule has 0 atom stereocenters. The third-order valence-corrected chi connectivity index (χ3v) is 5.07. The quantitative estimate of drug-likeness (QED) is 0.262. The first-order valence-electron chi connectivity index (χ1n) is 10.5. The minimum atomic E-state index is -4.35. The second kappa shape index (κ2) is 11.6. The smallest absolute Gasteiger partial charge is 0.269 e. The van der Waals surface area contributed by atoms with E-state index in [0.717, 1.165) is 43.6 Å². The Kier molecular flexibility index (Phi) is 9.46. The highest BCUT2D eigenvalue weighted by Gasteiger charge is 2.32. The molecule has 0 fully saturated rings. The van der Waals surface area contributed by atoms with Crippen molar-refractivity contribution in [3.05, 3.63) is 77.2 Å². The molecule has 3 rings (SSSR count). The van der Waals surface area contributed by atoms with Gasteiger partial charge in [-0.1, -0.05) is 31.2 Å². The number of aryl methyl sites for hydroxylation is 2. The van der Waals surface area contributed by atoms with Crippen molar-refractivity contribution in [1.82, 2.24) is 9.78 Å². The predicted molar refractivity (Wildman–Crippen MR) is 121 cm³/mol. The number of aromatic nitrogens is 2. The van der Waals surface area contributed by atoms with Crippen LogP contribution in [-0.2, 0) is 19.1 Å². The molecule has 0 bridgehead atoms. The maximum absolute atomic E-state index is 13.1. The van der Waals surface area contributed by atoms with Gasteiger partial charge in [-0.15, -0.1) is 12.6 Å². The number of allylic oxidation sites excluding steroid dienone is 6. The minimum Gasteiger partial charge on any atom is -0.269 e. The van der Waals surface area contributed by atoms with E-state index in [1.165, 1.54) is 24.3 Å². The topological polar surface area (TPSA) is 17.8 Å². The molecule has 1 aromatic heterocycles. The lowest BCUT2D eigenvalue weighted by Gasteiger charge is -2.11. The van der Waals surface area contributed by atoms with E-state index >= 15 is 0 Å². The van der Waals surface area contributed by atoms with Crippen LogP contribution in [0.5, 0.6) is 0 Å². The van der Waals surface area contributed by atoms with Gasteiger partial charge in [0.2, 0.25) is 0 Å². The van der Waals surface area contributed by atoms with Gasteiger partial charge >= 0.3 is 12.4 Å². The summed E-state index contributed by atoms with van der Waals surface area (Å²) in [6.07, 6.45) is 0.671. The molecule has 0 N–H and O–H groups in total. The second-order valence-corrected chi connectivity index (χ2v) is 7.93. The van der Waals surface area contributed by atoms with E-state index in [1.807, 2.05) is 10.7 Å². The number of thiol groups is 1. The summed E-state index contributed by atoms with van der Waals surface area (Å²) < 4.78 is 77.0. The number of alkyl halides is 6. The Labute approximate surface area is 195 Å². The number of hydrogen-bond acceptors (Lipinski definition) is 2. The van der Waals surface area contributed by atoms with Crippen LogP contribution in [0, 0.1) is 0 Å². The van der Waals surface area contributed by atoms with Crippen LogP contribution in [0.2, 0.25) is 0 Å². The summed E-state index contributed by atoms with van der Waals surface area (Å²) in [4.78, 5) is 0.319. The van der Waals surface area contributed by atoms with Gasteiger partial charge in [-0.3, -0.25) is 4.68 Å². The first kappa shape index (κ1) is 26.8. The molecule has 0 radical (unpaired) electrons. The molecule has 0 aliphatic carbocycles. The van der Waals surface area contributed by atoms with Gasteiger partial charge in [-0.25, -0.2) is 0 Å². The second-order valence-electron chi connectivity index (χ2n) is 7.41. The standard InChI is InChI=1S/C17H21F3N2.C7H5F3S/c1-3-7-13(11-14(8-4-2)17(18,19)20)16-12-15-9-5-6-10-22(15)21-16;8-7(9,10)5-2-1-3-6(11)4-5/h3,7-8,11-12H,4-6,9-10H2,1-2H3;1-4,11H/b7-3-,13-11+,14-8-;. The van der Waals surface area contributed by atoms with Crippen molar-refractivity contribution in [1.29, 1.82) is 0 Å². The zero-order valence-electron chi connectivity index (χ0n) is 18.3. The summed E-state index contributed by atoms with van der Waals surface area (Å²) in [6.45, 7) is 4.33. The summed E-state index contributed by atoms with van der Waals surface area (Å²) in [5, 5.41) is 4.47. The Morgan fingerprint density at radius 3 is 2.36 bits per heavy atom. The summed E-state index contributed by atoms with van der Waals surface area (Å²) in [5.74, 6) is 0. The summed E-state index contributed by atoms with van der Waals surface area (Å²) in [6, 6.07) is 6.73. The van der Waals surface area contributed by atoms with Crippen molar-refractivity contribution in [3.63, 3.8) is 0 Å². The number of rotatable bonds is 4. The largest absolute Gasteiger partial charge is 0.416 e. The third-order valence-electron chi connectivity index (χ3n) is 4.79. The average molecular weight is 489 g/mol. The van der Waals surface area contributed by atoms with Gasteiger partial charge < -0.3 is 0 Å². The van der Waals surface area contributed by atoms with Crippen molar-refractivity contribution >= 4 is 18.2 Å². The van der Waals surface area contributed by atoms with Crippen molar-refractivity contribution in [2.45, 2.75) is 63.3 Å². The Balaban J connectivity index is 0.000000294. The number of nitrogens with zero attached hydrogens (tertiary/aromatic N) is 2. The predicted octanol–water partition coefficient (Wildman–Crippen LogP) is 8.07. The van der Waals surface area contributed by atoms with Crippen LogP contribution in [0.15, 0.2) is 65.1 Å². The Morgan fingerprint density at radius 1 is 1.12 bits per heavy atom. The van der Waals surface area contributed by atoms with Gasteiger partial charge in [0.1, 0.15) is 0 Å². The first-order valence-corrected chi connectivity index (χ1v) is 11.0. The van der Waals surface area contributed by atoms with Crippen LogP contribution in [0.1, 0.15) is 50.1 Å². The van der Waals surface area contributed by atoms with Crippen LogP contribution in [-0.4, -0.2) is 16.0 Å². The van der Waals surface area contributed by atoms with E-state index in [4.69, 9.17) is 0 Å². The van der Waals surface area contributed by atoms with E-state index in [1.54, 1.807) is 26.0 Å². The van der Waals surface area contributed by atoms with Crippen LogP contribution in [0.3, 0.4) is 0 Å². The van der Waals surface area contributed by atoms with E-state index in [9.17, 15) is 26.3 Å². The molecule has 180 valence electrons. The average Bonchev–Trinajstić information content (AvgIpc) is 3.16. The third kappa shape index (κ3) is 8.14. The Hall–Kier alpha value is -2.42. The summed E-state index contributed by atoms with van der Waals surface area (Å²) in [7, 11) is 0. The fraction of sp³-hybridized carbons (Fsp3) is 0.375. The van der Waals surface area contributed by atoms with Crippen molar-refractivity contribution in [2.75, 3.05) is 0 Å². The summed E-state index contributed by atoms with van der Waals surface area (Å²) >= 11 is 3.79. The molecular formula is C24H26F6N2S. The molecule has 2 nitrogen and oxygen atoms in total. The van der Waals surface area contributed by atoms with E-state index in [2.05, 4.69) is 17.7 Å². The van der Waals surface area contributed by atoms with Gasteiger partial charge in [-0.2, -0.15) is 31.4 Å². The van der Waals surface area contributed by atoms with Crippen molar-refractivity contribution in [2.24, 2.45) is 0 Å². The molecule has 1 aromatic carbocycles. The van der Waals surface area contributed by atoms with E-state index in [0.29, 0.717) is 22.6 Å². The Morgan fingerprint density at radius 2 is 1.85 bits per heavy atom. The molecular weight excluding hydrogens is 462 g/mol. The Bertz CT molecular complexity index is 989. The molecule has 33 heavy (non-hydrogen) atoms. The number of benzene rings is 1. The zero-order valence-corrected chi connectivity index (χ0v) is 19.2. The first-order chi connectivity index (χ1) is 15.5. The molecule has 0 spiro atoms. The number of halogens is 6.